The van der Waals surface area contributed by atoms with Gasteiger partial charge in [-0.1, -0.05) is 143 Å². The highest BCUT2D eigenvalue weighted by atomic mass is 79.9. The Balaban J connectivity index is 1.65. The first-order chi connectivity index (χ1) is 17.6. The van der Waals surface area contributed by atoms with Gasteiger partial charge in [-0.15, -0.1) is 0 Å². The predicted octanol–water partition coefficient (Wildman–Crippen LogP) is 11.4. The first-order valence-electron chi connectivity index (χ1n) is 14.0. The Labute approximate surface area is 239 Å². The summed E-state index contributed by atoms with van der Waals surface area (Å²) in [6.07, 6.45) is 4.87. The maximum atomic E-state index is 3.81. The van der Waals surface area contributed by atoms with Crippen molar-refractivity contribution in [2.24, 2.45) is 5.41 Å². The quantitative estimate of drug-likeness (QED) is 0.295. The maximum Gasteiger partial charge on any atom is 0.0250 e. The Morgan fingerprint density at radius 2 is 1.08 bits per heavy atom. The molecule has 0 saturated carbocycles. The average molecular weight is 568 g/mol. The zero-order valence-electron chi connectivity index (χ0n) is 24.9. The molecular formula is C37H43Br. The van der Waals surface area contributed by atoms with Gasteiger partial charge in [0.05, 0.1) is 0 Å². The molecule has 2 atom stereocenters. The molecule has 0 saturated heterocycles. The lowest BCUT2D eigenvalue weighted by Crippen LogP contribution is -2.29. The third-order valence-corrected chi connectivity index (χ3v) is 9.66. The number of allylic oxidation sites excluding steroid dienone is 2. The van der Waals surface area contributed by atoms with Gasteiger partial charge in [0, 0.05) is 16.3 Å². The third kappa shape index (κ3) is 4.45. The molecule has 0 N–H and O–H groups in total. The molecule has 0 radical (unpaired) electrons. The van der Waals surface area contributed by atoms with Gasteiger partial charge in [-0.25, -0.2) is 0 Å². The van der Waals surface area contributed by atoms with Crippen LogP contribution in [0.3, 0.4) is 0 Å². The van der Waals surface area contributed by atoms with Crippen molar-refractivity contribution >= 4 is 28.1 Å². The molecule has 0 heterocycles. The van der Waals surface area contributed by atoms with Crippen LogP contribution < -0.4 is 0 Å². The molecule has 2 aliphatic carbocycles. The molecule has 2 aliphatic rings. The van der Waals surface area contributed by atoms with E-state index in [1.807, 2.05) is 0 Å². The number of halogens is 1. The summed E-state index contributed by atoms with van der Waals surface area (Å²) in [5.41, 5.74) is 14.3. The Morgan fingerprint density at radius 3 is 1.61 bits per heavy atom. The molecule has 0 aromatic heterocycles. The molecule has 3 aromatic carbocycles. The van der Waals surface area contributed by atoms with Gasteiger partial charge in [-0.05, 0) is 80.7 Å². The van der Waals surface area contributed by atoms with E-state index in [0.29, 0.717) is 11.8 Å². The summed E-state index contributed by atoms with van der Waals surface area (Å²) in [5.74, 6) is 0.748. The predicted molar refractivity (Wildman–Crippen MR) is 170 cm³/mol. The fourth-order valence-electron chi connectivity index (χ4n) is 7.11. The fourth-order valence-corrected chi connectivity index (χ4v) is 7.60. The van der Waals surface area contributed by atoms with E-state index in [-0.39, 0.29) is 16.2 Å². The minimum Gasteiger partial charge on any atom is -0.0646 e. The number of benzene rings is 3. The van der Waals surface area contributed by atoms with Gasteiger partial charge in [0.1, 0.15) is 0 Å². The van der Waals surface area contributed by atoms with Crippen molar-refractivity contribution < 1.29 is 0 Å². The van der Waals surface area contributed by atoms with E-state index in [9.17, 15) is 0 Å². The summed E-state index contributed by atoms with van der Waals surface area (Å²) >= 11 is 3.81. The number of rotatable bonds is 3. The number of hydrogen-bond acceptors (Lipinski definition) is 0. The Kier molecular flexibility index (Phi) is 6.50. The topological polar surface area (TPSA) is 0 Å². The summed E-state index contributed by atoms with van der Waals surface area (Å²) in [7, 11) is 0. The lowest BCUT2D eigenvalue weighted by Gasteiger charge is -2.41. The van der Waals surface area contributed by atoms with Crippen molar-refractivity contribution in [1.82, 2.24) is 0 Å². The second kappa shape index (κ2) is 9.09. The molecule has 0 fully saturated rings. The van der Waals surface area contributed by atoms with Crippen LogP contribution in [-0.2, 0) is 10.8 Å². The summed E-state index contributed by atoms with van der Waals surface area (Å²) in [6.45, 7) is 23.6. The highest BCUT2D eigenvalue weighted by Gasteiger charge is 2.45. The minimum absolute atomic E-state index is 0.0287. The van der Waals surface area contributed by atoms with Gasteiger partial charge in [-0.3, -0.25) is 0 Å². The first-order valence-corrected chi connectivity index (χ1v) is 14.8. The first kappa shape index (κ1) is 27.2. The van der Waals surface area contributed by atoms with Crippen LogP contribution in [0.5, 0.6) is 0 Å². The van der Waals surface area contributed by atoms with Gasteiger partial charge >= 0.3 is 0 Å². The van der Waals surface area contributed by atoms with Gasteiger partial charge in [-0.2, -0.15) is 0 Å². The average Bonchev–Trinajstić information content (AvgIpc) is 3.34. The van der Waals surface area contributed by atoms with Crippen LogP contribution in [0, 0.1) is 5.41 Å². The zero-order valence-corrected chi connectivity index (χ0v) is 26.5. The molecule has 38 heavy (non-hydrogen) atoms. The molecule has 0 nitrogen and oxygen atoms in total. The van der Waals surface area contributed by atoms with E-state index in [0.717, 1.165) is 0 Å². The van der Waals surface area contributed by atoms with Crippen LogP contribution in [0.4, 0.5) is 0 Å². The SMILES string of the molecule is CC1=Cc2c(Br)cccc2C1C(C)(C)C1C(C)=Cc2c(-c3cc(C(C)(C)C)cc(C(C)(C)C)c3)cccc21. The van der Waals surface area contributed by atoms with E-state index in [2.05, 4.69) is 152 Å². The summed E-state index contributed by atoms with van der Waals surface area (Å²) in [4.78, 5) is 0. The van der Waals surface area contributed by atoms with E-state index in [1.165, 1.54) is 60.1 Å². The van der Waals surface area contributed by atoms with E-state index < -0.39 is 0 Å². The summed E-state index contributed by atoms with van der Waals surface area (Å²) in [5, 5.41) is 0. The zero-order chi connectivity index (χ0) is 27.8. The largest absolute Gasteiger partial charge is 0.0646 e. The fraction of sp³-hybridized carbons (Fsp3) is 0.405. The van der Waals surface area contributed by atoms with Crippen LogP contribution in [0.25, 0.3) is 23.3 Å². The lowest BCUT2D eigenvalue weighted by atomic mass is 9.62. The monoisotopic (exact) mass is 566 g/mol. The van der Waals surface area contributed by atoms with Crippen molar-refractivity contribution in [2.45, 2.75) is 91.9 Å². The second-order valence-electron chi connectivity index (χ2n) is 14.3. The molecule has 198 valence electrons. The molecule has 5 rings (SSSR count). The lowest BCUT2D eigenvalue weighted by molar-refractivity contribution is 0.275. The molecular weight excluding hydrogens is 524 g/mol. The molecule has 0 spiro atoms. The summed E-state index contributed by atoms with van der Waals surface area (Å²) < 4.78 is 1.20. The number of fused-ring (bicyclic) bond motifs is 2. The van der Waals surface area contributed by atoms with Gasteiger partial charge < -0.3 is 0 Å². The Morgan fingerprint density at radius 1 is 0.605 bits per heavy atom. The highest BCUT2D eigenvalue weighted by molar-refractivity contribution is 9.10. The normalized spacial score (nSPS) is 19.2. The van der Waals surface area contributed by atoms with Crippen molar-refractivity contribution in [3.8, 4) is 11.1 Å². The molecule has 1 heteroatoms. The van der Waals surface area contributed by atoms with Crippen LogP contribution >= 0.6 is 15.9 Å². The van der Waals surface area contributed by atoms with E-state index in [4.69, 9.17) is 0 Å². The maximum absolute atomic E-state index is 3.81. The van der Waals surface area contributed by atoms with Crippen LogP contribution in [0.1, 0.15) is 114 Å². The molecule has 0 amide bonds. The van der Waals surface area contributed by atoms with Gasteiger partial charge in [0.15, 0.2) is 0 Å². The Bertz CT molecular complexity index is 1450. The standard InChI is InChI=1S/C37H43Br/c1-22-17-30-27(24-19-25(35(3,4)5)21-26(20-24)36(6,7)8)13-11-14-28(30)33(22)37(9,10)34-23(2)18-31-29(34)15-12-16-32(31)38/h11-21,33-34H,1-10H3. The highest BCUT2D eigenvalue weighted by Crippen LogP contribution is 2.59. The van der Waals surface area contributed by atoms with Crippen molar-refractivity contribution in [2.75, 3.05) is 0 Å². The summed E-state index contributed by atoms with van der Waals surface area (Å²) in [6, 6.07) is 21.0. The Hall–Kier alpha value is -2.38. The van der Waals surface area contributed by atoms with E-state index >= 15 is 0 Å². The second-order valence-corrected chi connectivity index (χ2v) is 15.2. The van der Waals surface area contributed by atoms with Crippen LogP contribution in [-0.4, -0.2) is 0 Å². The van der Waals surface area contributed by atoms with Crippen LogP contribution in [0.2, 0.25) is 0 Å². The minimum atomic E-state index is 0.0287. The van der Waals surface area contributed by atoms with E-state index in [1.54, 1.807) is 0 Å². The number of hydrogen-bond donors (Lipinski definition) is 0. The third-order valence-electron chi connectivity index (χ3n) is 8.97. The molecule has 0 aliphatic heterocycles. The molecule has 2 unspecified atom stereocenters. The molecule has 0 bridgehead atoms. The van der Waals surface area contributed by atoms with Gasteiger partial charge in [0.25, 0.3) is 0 Å². The molecule has 3 aromatic rings. The van der Waals surface area contributed by atoms with Gasteiger partial charge in [0.2, 0.25) is 0 Å². The van der Waals surface area contributed by atoms with Crippen molar-refractivity contribution in [1.29, 1.82) is 0 Å². The van der Waals surface area contributed by atoms with Crippen molar-refractivity contribution in [3.63, 3.8) is 0 Å². The smallest absolute Gasteiger partial charge is 0.0250 e. The van der Waals surface area contributed by atoms with Crippen LogP contribution in [0.15, 0.2) is 70.2 Å². The van der Waals surface area contributed by atoms with Crippen molar-refractivity contribution in [3.05, 3.63) is 104 Å².